The Kier molecular flexibility index (Phi) is 2.18. The fourth-order valence-electron chi connectivity index (χ4n) is 2.05. The Bertz CT molecular complexity index is 236. The van der Waals surface area contributed by atoms with Gasteiger partial charge in [0, 0.05) is 12.8 Å². The summed E-state index contributed by atoms with van der Waals surface area (Å²) in [4.78, 5) is 23.7. The van der Waals surface area contributed by atoms with Gasteiger partial charge in [0.05, 0.1) is 19.5 Å². The van der Waals surface area contributed by atoms with E-state index >= 15 is 0 Å². The van der Waals surface area contributed by atoms with Crippen molar-refractivity contribution in [2.24, 2.45) is 0 Å². The van der Waals surface area contributed by atoms with E-state index in [9.17, 15) is 9.59 Å². The van der Waals surface area contributed by atoms with Gasteiger partial charge in [0.2, 0.25) is 5.91 Å². The van der Waals surface area contributed by atoms with Gasteiger partial charge in [-0.3, -0.25) is 20.4 Å². The number of hydrazine groups is 1. The summed E-state index contributed by atoms with van der Waals surface area (Å²) < 4.78 is 0. The van der Waals surface area contributed by atoms with Crippen molar-refractivity contribution in [3.63, 3.8) is 0 Å². The van der Waals surface area contributed by atoms with Gasteiger partial charge in [0.15, 0.2) is 6.04 Å². The number of hydrogen-bond acceptors (Lipinski definition) is 2. The summed E-state index contributed by atoms with van der Waals surface area (Å²) in [5.41, 5.74) is 4.73. The molecular weight excluding hydrogens is 170 g/mol. The third-order valence-corrected chi connectivity index (χ3v) is 2.77. The highest BCUT2D eigenvalue weighted by atomic mass is 16.2. The summed E-state index contributed by atoms with van der Waals surface area (Å²) in [7, 11) is 0. The summed E-state index contributed by atoms with van der Waals surface area (Å²) in [5, 5.41) is 0. The molecule has 13 heavy (non-hydrogen) atoms. The molecule has 2 amide bonds. The van der Waals surface area contributed by atoms with E-state index in [2.05, 4.69) is 10.9 Å². The SMILES string of the molecule is O=C1C[C@@H]([NH+]2CCCC2)C(=O)NN1. The van der Waals surface area contributed by atoms with E-state index in [4.69, 9.17) is 0 Å². The Morgan fingerprint density at radius 1 is 1.15 bits per heavy atom. The molecule has 0 spiro atoms. The molecule has 0 radical (unpaired) electrons. The zero-order valence-corrected chi connectivity index (χ0v) is 7.43. The van der Waals surface area contributed by atoms with Gasteiger partial charge in [0.1, 0.15) is 0 Å². The molecule has 0 aromatic rings. The van der Waals surface area contributed by atoms with Crippen molar-refractivity contribution in [1.82, 2.24) is 10.9 Å². The molecule has 2 aliphatic heterocycles. The van der Waals surface area contributed by atoms with Crippen LogP contribution in [0.2, 0.25) is 0 Å². The van der Waals surface area contributed by atoms with E-state index in [0.29, 0.717) is 6.42 Å². The molecular formula is C8H14N3O2+. The average Bonchev–Trinajstić information content (AvgIpc) is 2.61. The van der Waals surface area contributed by atoms with Gasteiger partial charge in [-0.1, -0.05) is 0 Å². The van der Waals surface area contributed by atoms with E-state index in [1.807, 2.05) is 0 Å². The predicted octanol–water partition coefficient (Wildman–Crippen LogP) is -2.42. The van der Waals surface area contributed by atoms with Crippen molar-refractivity contribution in [2.45, 2.75) is 25.3 Å². The van der Waals surface area contributed by atoms with E-state index in [1.165, 1.54) is 17.7 Å². The third kappa shape index (κ3) is 1.65. The van der Waals surface area contributed by atoms with Crippen molar-refractivity contribution in [2.75, 3.05) is 13.1 Å². The Balaban J connectivity index is 2.02. The minimum atomic E-state index is -0.156. The molecule has 0 aromatic carbocycles. The minimum absolute atomic E-state index is 0.0449. The zero-order chi connectivity index (χ0) is 9.26. The summed E-state index contributed by atoms with van der Waals surface area (Å²) in [6.07, 6.45) is 2.67. The monoisotopic (exact) mass is 184 g/mol. The maximum atomic E-state index is 11.4. The molecule has 2 fully saturated rings. The van der Waals surface area contributed by atoms with Crippen molar-refractivity contribution in [3.8, 4) is 0 Å². The molecule has 0 bridgehead atoms. The van der Waals surface area contributed by atoms with Crippen LogP contribution in [0.5, 0.6) is 0 Å². The molecule has 0 unspecified atom stereocenters. The molecule has 0 saturated carbocycles. The molecule has 72 valence electrons. The first-order valence-corrected chi connectivity index (χ1v) is 4.70. The largest absolute Gasteiger partial charge is 0.324 e. The van der Waals surface area contributed by atoms with Crippen LogP contribution in [0, 0.1) is 0 Å². The summed E-state index contributed by atoms with van der Waals surface area (Å²) in [6.45, 7) is 2.04. The van der Waals surface area contributed by atoms with Gasteiger partial charge in [-0.2, -0.15) is 0 Å². The van der Waals surface area contributed by atoms with E-state index < -0.39 is 0 Å². The molecule has 1 atom stereocenters. The van der Waals surface area contributed by atoms with Crippen LogP contribution in [0.1, 0.15) is 19.3 Å². The third-order valence-electron chi connectivity index (χ3n) is 2.77. The molecule has 0 aliphatic carbocycles. The van der Waals surface area contributed by atoms with Crippen molar-refractivity contribution < 1.29 is 14.5 Å². The van der Waals surface area contributed by atoms with Crippen LogP contribution >= 0.6 is 0 Å². The van der Waals surface area contributed by atoms with Gasteiger partial charge >= 0.3 is 0 Å². The Morgan fingerprint density at radius 2 is 1.85 bits per heavy atom. The number of likely N-dealkylation sites (tertiary alicyclic amines) is 1. The van der Waals surface area contributed by atoms with Crippen LogP contribution in [-0.4, -0.2) is 30.9 Å². The van der Waals surface area contributed by atoms with Crippen LogP contribution < -0.4 is 15.8 Å². The Morgan fingerprint density at radius 3 is 2.54 bits per heavy atom. The van der Waals surface area contributed by atoms with Gasteiger partial charge in [0.25, 0.3) is 5.91 Å². The molecule has 5 nitrogen and oxygen atoms in total. The quantitative estimate of drug-likeness (QED) is 0.425. The van der Waals surface area contributed by atoms with Crippen LogP contribution in [0.4, 0.5) is 0 Å². The van der Waals surface area contributed by atoms with Gasteiger partial charge in [-0.15, -0.1) is 0 Å². The molecule has 2 rings (SSSR count). The maximum Gasteiger partial charge on any atom is 0.297 e. The molecule has 2 saturated heterocycles. The molecule has 0 aromatic heterocycles. The molecule has 2 aliphatic rings. The lowest BCUT2D eigenvalue weighted by molar-refractivity contribution is -0.903. The number of hydrogen-bond donors (Lipinski definition) is 3. The fraction of sp³-hybridized carbons (Fsp3) is 0.750. The van der Waals surface area contributed by atoms with E-state index in [1.54, 1.807) is 0 Å². The lowest BCUT2D eigenvalue weighted by atomic mass is 10.1. The number of quaternary nitrogens is 1. The number of rotatable bonds is 1. The number of carbonyl (C=O) groups is 2. The number of nitrogens with one attached hydrogen (secondary N) is 3. The topological polar surface area (TPSA) is 62.6 Å². The Hall–Kier alpha value is -1.10. The second-order valence-electron chi connectivity index (χ2n) is 3.66. The lowest BCUT2D eigenvalue weighted by Crippen LogP contribution is -3.16. The predicted molar refractivity (Wildman–Crippen MR) is 44.6 cm³/mol. The van der Waals surface area contributed by atoms with Crippen LogP contribution in [0.3, 0.4) is 0 Å². The van der Waals surface area contributed by atoms with E-state index in [-0.39, 0.29) is 17.9 Å². The minimum Gasteiger partial charge on any atom is -0.324 e. The van der Waals surface area contributed by atoms with Crippen LogP contribution in [0.15, 0.2) is 0 Å². The molecule has 2 heterocycles. The Labute approximate surface area is 76.4 Å². The summed E-state index contributed by atoms with van der Waals surface area (Å²) in [6, 6.07) is -0.156. The number of carbonyl (C=O) groups excluding carboxylic acids is 2. The second kappa shape index (κ2) is 3.33. The summed E-state index contributed by atoms with van der Waals surface area (Å²) in [5.74, 6) is -0.125. The first kappa shape index (κ1) is 8.50. The normalized spacial score (nSPS) is 30.0. The highest BCUT2D eigenvalue weighted by molar-refractivity contribution is 5.92. The summed E-state index contributed by atoms with van der Waals surface area (Å²) >= 11 is 0. The van der Waals surface area contributed by atoms with E-state index in [0.717, 1.165) is 13.1 Å². The van der Waals surface area contributed by atoms with Crippen molar-refractivity contribution in [3.05, 3.63) is 0 Å². The van der Waals surface area contributed by atoms with Crippen molar-refractivity contribution in [1.29, 1.82) is 0 Å². The molecule has 5 heteroatoms. The second-order valence-corrected chi connectivity index (χ2v) is 3.66. The van der Waals surface area contributed by atoms with Gasteiger partial charge < -0.3 is 4.90 Å². The van der Waals surface area contributed by atoms with Crippen molar-refractivity contribution >= 4 is 11.8 Å². The smallest absolute Gasteiger partial charge is 0.297 e. The molecule has 3 N–H and O–H groups in total. The standard InChI is InChI=1S/C8H13N3O2/c12-7-5-6(8(13)10-9-7)11-3-1-2-4-11/h6H,1-5H2,(H,9,12)(H,10,13)/p+1/t6-/m1/s1. The first-order valence-electron chi connectivity index (χ1n) is 4.70. The lowest BCUT2D eigenvalue weighted by Gasteiger charge is -2.26. The van der Waals surface area contributed by atoms with Crippen LogP contribution in [-0.2, 0) is 9.59 Å². The highest BCUT2D eigenvalue weighted by Crippen LogP contribution is 1.97. The zero-order valence-electron chi connectivity index (χ0n) is 7.43. The first-order chi connectivity index (χ1) is 6.27. The van der Waals surface area contributed by atoms with Gasteiger partial charge in [-0.05, 0) is 0 Å². The average molecular weight is 184 g/mol. The fourth-order valence-corrected chi connectivity index (χ4v) is 2.05. The van der Waals surface area contributed by atoms with Crippen LogP contribution in [0.25, 0.3) is 0 Å². The number of amides is 2. The maximum absolute atomic E-state index is 11.4. The highest BCUT2D eigenvalue weighted by Gasteiger charge is 2.36. The van der Waals surface area contributed by atoms with Gasteiger partial charge in [-0.25, -0.2) is 0 Å².